The predicted molar refractivity (Wildman–Crippen MR) is 58.9 cm³/mol. The largest absolute Gasteiger partial charge is 0.486 e. The van der Waals surface area contributed by atoms with Crippen molar-refractivity contribution in [1.82, 2.24) is 5.32 Å². The van der Waals surface area contributed by atoms with Gasteiger partial charge in [0.25, 0.3) is 0 Å². The van der Waals surface area contributed by atoms with Crippen LogP contribution in [0.2, 0.25) is 0 Å². The van der Waals surface area contributed by atoms with Crippen molar-refractivity contribution in [2.45, 2.75) is 6.10 Å². The van der Waals surface area contributed by atoms with E-state index >= 15 is 0 Å². The maximum Gasteiger partial charge on any atom is 0.170 e. The zero-order chi connectivity index (χ0) is 12.5. The van der Waals surface area contributed by atoms with Crippen LogP contribution >= 0.6 is 0 Å². The van der Waals surface area contributed by atoms with E-state index in [1.165, 1.54) is 0 Å². The molecule has 1 atom stereocenters. The Labute approximate surface area is 103 Å². The zero-order valence-corrected chi connectivity index (χ0v) is 9.67. The minimum absolute atomic E-state index is 0.108. The maximum atomic E-state index is 14.0. The number of hydrogen-bond acceptors (Lipinski definition) is 4. The second kappa shape index (κ2) is 4.70. The number of rotatable bonds is 1. The highest BCUT2D eigenvalue weighted by atomic mass is 19.2. The number of benzene rings is 1. The number of morpholine rings is 1. The summed E-state index contributed by atoms with van der Waals surface area (Å²) in [7, 11) is 0. The van der Waals surface area contributed by atoms with Crippen molar-refractivity contribution >= 4 is 0 Å². The molecule has 1 aromatic carbocycles. The van der Waals surface area contributed by atoms with E-state index in [4.69, 9.17) is 14.2 Å². The van der Waals surface area contributed by atoms with Crippen LogP contribution in [0.25, 0.3) is 0 Å². The van der Waals surface area contributed by atoms with E-state index < -0.39 is 17.7 Å². The third kappa shape index (κ3) is 1.91. The van der Waals surface area contributed by atoms with E-state index in [-0.39, 0.29) is 17.1 Å². The van der Waals surface area contributed by atoms with E-state index in [1.807, 2.05) is 0 Å². The summed E-state index contributed by atoms with van der Waals surface area (Å²) in [5, 5.41) is 3.08. The molecule has 2 aliphatic heterocycles. The lowest BCUT2D eigenvalue weighted by Gasteiger charge is -2.28. The van der Waals surface area contributed by atoms with Crippen molar-refractivity contribution in [2.75, 3.05) is 32.9 Å². The lowest BCUT2D eigenvalue weighted by Crippen LogP contribution is -2.34. The van der Waals surface area contributed by atoms with E-state index in [9.17, 15) is 8.78 Å². The first kappa shape index (κ1) is 11.7. The molecule has 3 rings (SSSR count). The van der Waals surface area contributed by atoms with Gasteiger partial charge in [-0.3, -0.25) is 0 Å². The van der Waals surface area contributed by atoms with E-state index in [0.29, 0.717) is 32.9 Å². The van der Waals surface area contributed by atoms with Gasteiger partial charge in [-0.15, -0.1) is 0 Å². The van der Waals surface area contributed by atoms with Crippen molar-refractivity contribution in [2.24, 2.45) is 0 Å². The van der Waals surface area contributed by atoms with Gasteiger partial charge in [0.05, 0.1) is 12.2 Å². The summed E-state index contributed by atoms with van der Waals surface area (Å²) in [6.07, 6.45) is -0.551. The Morgan fingerprint density at radius 2 is 2.00 bits per heavy atom. The summed E-state index contributed by atoms with van der Waals surface area (Å²) < 4.78 is 43.6. The van der Waals surface area contributed by atoms with Gasteiger partial charge in [0.15, 0.2) is 23.1 Å². The molecule has 0 amide bonds. The third-order valence-electron chi connectivity index (χ3n) is 3.01. The molecular weight excluding hydrogens is 244 g/mol. The van der Waals surface area contributed by atoms with Crippen LogP contribution in [0.5, 0.6) is 11.5 Å². The van der Waals surface area contributed by atoms with E-state index in [1.54, 1.807) is 0 Å². The first-order chi connectivity index (χ1) is 8.77. The summed E-state index contributed by atoms with van der Waals surface area (Å²) >= 11 is 0. The number of halogens is 2. The molecule has 0 bridgehead atoms. The van der Waals surface area contributed by atoms with Crippen LogP contribution < -0.4 is 14.8 Å². The molecule has 2 aliphatic rings. The highest BCUT2D eigenvalue weighted by Crippen LogP contribution is 2.41. The average Bonchev–Trinajstić information content (AvgIpc) is 2.41. The molecule has 0 saturated carbocycles. The molecule has 1 N–H and O–H groups in total. The Morgan fingerprint density at radius 3 is 2.78 bits per heavy atom. The first-order valence-corrected chi connectivity index (χ1v) is 5.87. The van der Waals surface area contributed by atoms with E-state index in [0.717, 1.165) is 6.07 Å². The monoisotopic (exact) mass is 257 g/mol. The molecule has 98 valence electrons. The quantitative estimate of drug-likeness (QED) is 0.825. The van der Waals surface area contributed by atoms with Gasteiger partial charge in [-0.05, 0) is 0 Å². The van der Waals surface area contributed by atoms with Crippen LogP contribution in [0.4, 0.5) is 8.78 Å². The molecule has 1 fully saturated rings. The Morgan fingerprint density at radius 1 is 1.17 bits per heavy atom. The molecule has 2 heterocycles. The van der Waals surface area contributed by atoms with Gasteiger partial charge < -0.3 is 19.5 Å². The number of nitrogens with one attached hydrogen (secondary N) is 1. The summed E-state index contributed by atoms with van der Waals surface area (Å²) in [5.74, 6) is -1.37. The van der Waals surface area contributed by atoms with Crippen LogP contribution in [0.3, 0.4) is 0 Å². The molecule has 0 aromatic heterocycles. The first-order valence-electron chi connectivity index (χ1n) is 5.87. The van der Waals surface area contributed by atoms with Crippen molar-refractivity contribution in [3.05, 3.63) is 23.3 Å². The Bertz CT molecular complexity index is 461. The van der Waals surface area contributed by atoms with Crippen LogP contribution in [0.15, 0.2) is 6.07 Å². The van der Waals surface area contributed by atoms with Gasteiger partial charge in [0, 0.05) is 19.2 Å². The molecule has 1 saturated heterocycles. The smallest absolute Gasteiger partial charge is 0.170 e. The fourth-order valence-electron chi connectivity index (χ4n) is 2.19. The van der Waals surface area contributed by atoms with Crippen molar-refractivity contribution < 1.29 is 23.0 Å². The SMILES string of the molecule is Fc1cc2c(c(C3CNCCO3)c1F)OCCO2. The fraction of sp³-hybridized carbons (Fsp3) is 0.500. The second-order valence-electron chi connectivity index (χ2n) is 4.17. The predicted octanol–water partition coefficient (Wildman–Crippen LogP) is 1.40. The molecule has 1 unspecified atom stereocenters. The molecule has 0 spiro atoms. The van der Waals surface area contributed by atoms with E-state index in [2.05, 4.69) is 5.32 Å². The Hall–Kier alpha value is -1.40. The van der Waals surface area contributed by atoms with Gasteiger partial charge in [0.2, 0.25) is 0 Å². The Kier molecular flexibility index (Phi) is 3.05. The number of ether oxygens (including phenoxy) is 3. The minimum Gasteiger partial charge on any atom is -0.486 e. The summed E-state index contributed by atoms with van der Waals surface area (Å²) in [6.45, 7) is 2.24. The molecule has 0 radical (unpaired) electrons. The summed E-state index contributed by atoms with van der Waals surface area (Å²) in [4.78, 5) is 0. The summed E-state index contributed by atoms with van der Waals surface area (Å²) in [6, 6.07) is 1.02. The van der Waals surface area contributed by atoms with Crippen LogP contribution in [-0.2, 0) is 4.74 Å². The number of fused-ring (bicyclic) bond motifs is 1. The maximum absolute atomic E-state index is 14.0. The highest BCUT2D eigenvalue weighted by Gasteiger charge is 2.30. The van der Waals surface area contributed by atoms with Gasteiger partial charge in [-0.25, -0.2) is 8.78 Å². The fourth-order valence-corrected chi connectivity index (χ4v) is 2.19. The number of hydrogen-bond donors (Lipinski definition) is 1. The molecule has 0 aliphatic carbocycles. The zero-order valence-electron chi connectivity index (χ0n) is 9.67. The van der Waals surface area contributed by atoms with Crippen molar-refractivity contribution in [3.8, 4) is 11.5 Å². The topological polar surface area (TPSA) is 39.7 Å². The minimum atomic E-state index is -0.941. The molecule has 6 heteroatoms. The van der Waals surface area contributed by atoms with Crippen molar-refractivity contribution in [3.63, 3.8) is 0 Å². The molecule has 18 heavy (non-hydrogen) atoms. The third-order valence-corrected chi connectivity index (χ3v) is 3.01. The molecule has 4 nitrogen and oxygen atoms in total. The molecule has 1 aromatic rings. The normalized spacial score (nSPS) is 22.9. The average molecular weight is 257 g/mol. The van der Waals surface area contributed by atoms with Crippen LogP contribution in [0.1, 0.15) is 11.7 Å². The highest BCUT2D eigenvalue weighted by molar-refractivity contribution is 5.50. The van der Waals surface area contributed by atoms with Crippen molar-refractivity contribution in [1.29, 1.82) is 0 Å². The van der Waals surface area contributed by atoms with Gasteiger partial charge in [0.1, 0.15) is 19.3 Å². The summed E-state index contributed by atoms with van der Waals surface area (Å²) in [5.41, 5.74) is 0.108. The lowest BCUT2D eigenvalue weighted by atomic mass is 10.0. The molecular formula is C12H13F2NO3. The van der Waals surface area contributed by atoms with Crippen LogP contribution in [-0.4, -0.2) is 32.9 Å². The Balaban J connectivity index is 2.07. The van der Waals surface area contributed by atoms with Crippen LogP contribution in [0, 0.1) is 11.6 Å². The van der Waals surface area contributed by atoms with Gasteiger partial charge in [-0.2, -0.15) is 0 Å². The second-order valence-corrected chi connectivity index (χ2v) is 4.17. The van der Waals surface area contributed by atoms with Gasteiger partial charge >= 0.3 is 0 Å². The van der Waals surface area contributed by atoms with Gasteiger partial charge in [-0.1, -0.05) is 0 Å². The lowest BCUT2D eigenvalue weighted by molar-refractivity contribution is 0.0215. The standard InChI is InChI=1S/C12H13F2NO3/c13-7-5-8-12(18-4-3-17-8)10(11(7)14)9-6-15-1-2-16-9/h5,9,15H,1-4,6H2.